The third-order valence-electron chi connectivity index (χ3n) is 3.56. The van der Waals surface area contributed by atoms with Crippen LogP contribution in [0.3, 0.4) is 0 Å². The van der Waals surface area contributed by atoms with E-state index in [-0.39, 0.29) is 17.3 Å². The second kappa shape index (κ2) is 8.31. The summed E-state index contributed by atoms with van der Waals surface area (Å²) in [6.07, 6.45) is 1.83. The number of para-hydroxylation sites is 1. The normalized spacial score (nSPS) is 10.9. The Balaban J connectivity index is 1.91. The number of hydrogen-bond donors (Lipinski definition) is 0. The van der Waals surface area contributed by atoms with E-state index < -0.39 is 0 Å². The van der Waals surface area contributed by atoms with Gasteiger partial charge in [0, 0.05) is 0 Å². The second-order valence-electron chi connectivity index (χ2n) is 5.37. The molecule has 0 saturated heterocycles. The van der Waals surface area contributed by atoms with Crippen LogP contribution in [-0.4, -0.2) is 27.9 Å². The van der Waals surface area contributed by atoms with Gasteiger partial charge in [-0.05, 0) is 30.0 Å². The summed E-state index contributed by atoms with van der Waals surface area (Å²) in [6.45, 7) is 2.47. The molecule has 0 spiro atoms. The molecule has 0 radical (unpaired) electrons. The Bertz CT molecular complexity index is 919. The Morgan fingerprint density at radius 1 is 1.28 bits per heavy atom. The minimum atomic E-state index is -0.293. The van der Waals surface area contributed by atoms with Gasteiger partial charge in [0.15, 0.2) is 5.16 Å². The molecule has 0 aliphatic rings. The van der Waals surface area contributed by atoms with Crippen LogP contribution in [-0.2, 0) is 9.53 Å². The molecule has 130 valence electrons. The molecule has 0 fully saturated rings. The van der Waals surface area contributed by atoms with Gasteiger partial charge in [0.05, 0.1) is 23.4 Å². The van der Waals surface area contributed by atoms with Crippen molar-refractivity contribution in [1.82, 2.24) is 9.55 Å². The molecule has 7 heteroatoms. The van der Waals surface area contributed by atoms with Crippen LogP contribution in [0.2, 0.25) is 0 Å². The van der Waals surface area contributed by atoms with Gasteiger partial charge >= 0.3 is 5.97 Å². The van der Waals surface area contributed by atoms with E-state index in [1.165, 1.54) is 23.1 Å². The summed E-state index contributed by atoms with van der Waals surface area (Å²) in [5.41, 5.74) is 0.606. The van der Waals surface area contributed by atoms with Crippen molar-refractivity contribution >= 4 is 39.3 Å². The molecular weight excluding hydrogens is 356 g/mol. The fourth-order valence-corrected chi connectivity index (χ4v) is 3.91. The summed E-state index contributed by atoms with van der Waals surface area (Å²) < 4.78 is 6.73. The molecule has 25 heavy (non-hydrogen) atoms. The summed E-state index contributed by atoms with van der Waals surface area (Å²) >= 11 is 2.64. The second-order valence-corrected chi connectivity index (χ2v) is 7.21. The minimum absolute atomic E-state index is 0.125. The molecule has 0 N–H and O–H groups in total. The molecule has 3 rings (SSSR count). The zero-order valence-electron chi connectivity index (χ0n) is 13.8. The molecule has 0 saturated carbocycles. The van der Waals surface area contributed by atoms with Crippen molar-refractivity contribution in [2.24, 2.45) is 0 Å². The number of hydrogen-bond acceptors (Lipinski definition) is 6. The first-order chi connectivity index (χ1) is 12.2. The number of ether oxygens (including phenoxy) is 1. The number of aromatic nitrogens is 2. The first kappa shape index (κ1) is 17.7. The van der Waals surface area contributed by atoms with Crippen LogP contribution in [0.25, 0.3) is 15.9 Å². The Kier molecular flexibility index (Phi) is 5.88. The van der Waals surface area contributed by atoms with Crippen LogP contribution < -0.4 is 5.56 Å². The smallest absolute Gasteiger partial charge is 0.316 e. The van der Waals surface area contributed by atoms with Gasteiger partial charge in [-0.2, -0.15) is 0 Å². The molecule has 0 aliphatic carbocycles. The lowest BCUT2D eigenvalue weighted by Crippen LogP contribution is -2.21. The average molecular weight is 374 g/mol. The quantitative estimate of drug-likeness (QED) is 0.272. The van der Waals surface area contributed by atoms with Crippen molar-refractivity contribution in [1.29, 1.82) is 0 Å². The monoisotopic (exact) mass is 374 g/mol. The summed E-state index contributed by atoms with van der Waals surface area (Å²) in [5.74, 6) is -0.168. The molecular formula is C18H18N2O3S2. The Morgan fingerprint density at radius 3 is 2.84 bits per heavy atom. The van der Waals surface area contributed by atoms with E-state index in [0.29, 0.717) is 22.0 Å². The van der Waals surface area contributed by atoms with Crippen molar-refractivity contribution in [3.63, 3.8) is 0 Å². The molecule has 0 aliphatic heterocycles. The van der Waals surface area contributed by atoms with Crippen LogP contribution in [0, 0.1) is 0 Å². The predicted octanol–water partition coefficient (Wildman–Crippen LogP) is 3.88. The summed E-state index contributed by atoms with van der Waals surface area (Å²) in [4.78, 5) is 30.0. The molecule has 1 aromatic carbocycles. The highest BCUT2D eigenvalue weighted by Gasteiger charge is 2.15. The molecule has 2 aromatic heterocycles. The standard InChI is InChI=1S/C18H18N2O3S2/c1-2-3-10-23-15(21)12-25-18-19-16-14(9-11-24-16)17(22)20(18)13-7-5-4-6-8-13/h4-9,11H,2-3,10,12H2,1H3. The SMILES string of the molecule is CCCCOC(=O)CSc1nc2sccc2c(=O)n1-c1ccccc1. The van der Waals surface area contributed by atoms with Crippen LogP contribution in [0.4, 0.5) is 0 Å². The number of rotatable bonds is 7. The van der Waals surface area contributed by atoms with E-state index in [1.807, 2.05) is 42.6 Å². The third-order valence-corrected chi connectivity index (χ3v) is 5.28. The number of carbonyl (C=O) groups excluding carboxylic acids is 1. The number of thioether (sulfide) groups is 1. The van der Waals surface area contributed by atoms with Crippen LogP contribution in [0.5, 0.6) is 0 Å². The Morgan fingerprint density at radius 2 is 2.08 bits per heavy atom. The fraction of sp³-hybridized carbons (Fsp3) is 0.278. The van der Waals surface area contributed by atoms with E-state index in [4.69, 9.17) is 4.74 Å². The van der Waals surface area contributed by atoms with Gasteiger partial charge in [0.2, 0.25) is 0 Å². The maximum atomic E-state index is 12.9. The first-order valence-corrected chi connectivity index (χ1v) is 9.91. The maximum absolute atomic E-state index is 12.9. The van der Waals surface area contributed by atoms with E-state index >= 15 is 0 Å². The van der Waals surface area contributed by atoms with Gasteiger partial charge < -0.3 is 4.74 Å². The number of nitrogens with zero attached hydrogens (tertiary/aromatic N) is 2. The van der Waals surface area contributed by atoms with Crippen molar-refractivity contribution in [3.05, 3.63) is 52.1 Å². The zero-order chi connectivity index (χ0) is 17.6. The molecule has 0 atom stereocenters. The number of fused-ring (bicyclic) bond motifs is 1. The molecule has 0 unspecified atom stereocenters. The van der Waals surface area contributed by atoms with Gasteiger partial charge in [-0.1, -0.05) is 43.3 Å². The van der Waals surface area contributed by atoms with Gasteiger partial charge in [0.25, 0.3) is 5.56 Å². The van der Waals surface area contributed by atoms with Gasteiger partial charge in [-0.25, -0.2) is 4.98 Å². The van der Waals surface area contributed by atoms with E-state index in [9.17, 15) is 9.59 Å². The highest BCUT2D eigenvalue weighted by atomic mass is 32.2. The van der Waals surface area contributed by atoms with E-state index in [2.05, 4.69) is 4.98 Å². The fourth-order valence-electron chi connectivity index (χ4n) is 2.29. The summed E-state index contributed by atoms with van der Waals surface area (Å²) in [5, 5.41) is 2.93. The molecule has 0 bridgehead atoms. The molecule has 3 aromatic rings. The van der Waals surface area contributed by atoms with E-state index in [1.54, 1.807) is 10.6 Å². The van der Waals surface area contributed by atoms with Crippen LogP contribution >= 0.6 is 23.1 Å². The number of unbranched alkanes of at least 4 members (excludes halogenated alkanes) is 1. The number of thiophene rings is 1. The molecule has 2 heterocycles. The third kappa shape index (κ3) is 4.11. The van der Waals surface area contributed by atoms with Gasteiger partial charge in [0.1, 0.15) is 4.83 Å². The summed E-state index contributed by atoms with van der Waals surface area (Å²) in [7, 11) is 0. The van der Waals surface area contributed by atoms with Crippen molar-refractivity contribution in [2.45, 2.75) is 24.9 Å². The molecule has 5 nitrogen and oxygen atoms in total. The first-order valence-electron chi connectivity index (χ1n) is 8.05. The van der Waals surface area contributed by atoms with Crippen LogP contribution in [0.1, 0.15) is 19.8 Å². The Hall–Kier alpha value is -2.12. The highest BCUT2D eigenvalue weighted by Crippen LogP contribution is 2.23. The largest absolute Gasteiger partial charge is 0.465 e. The number of carbonyl (C=O) groups is 1. The maximum Gasteiger partial charge on any atom is 0.316 e. The lowest BCUT2D eigenvalue weighted by molar-refractivity contribution is -0.140. The van der Waals surface area contributed by atoms with Crippen LogP contribution in [0.15, 0.2) is 51.7 Å². The molecule has 0 amide bonds. The van der Waals surface area contributed by atoms with Crippen molar-refractivity contribution in [3.8, 4) is 5.69 Å². The topological polar surface area (TPSA) is 61.2 Å². The number of esters is 1. The lowest BCUT2D eigenvalue weighted by atomic mass is 10.3. The Labute approximate surface area is 153 Å². The highest BCUT2D eigenvalue weighted by molar-refractivity contribution is 7.99. The predicted molar refractivity (Wildman–Crippen MR) is 102 cm³/mol. The summed E-state index contributed by atoms with van der Waals surface area (Å²) in [6, 6.07) is 11.1. The lowest BCUT2D eigenvalue weighted by Gasteiger charge is -2.11. The van der Waals surface area contributed by atoms with Gasteiger partial charge in [-0.15, -0.1) is 11.3 Å². The number of benzene rings is 1. The van der Waals surface area contributed by atoms with Gasteiger partial charge in [-0.3, -0.25) is 14.2 Å². The minimum Gasteiger partial charge on any atom is -0.465 e. The van der Waals surface area contributed by atoms with Crippen molar-refractivity contribution < 1.29 is 9.53 Å². The van der Waals surface area contributed by atoms with E-state index in [0.717, 1.165) is 18.5 Å². The average Bonchev–Trinajstić information content (AvgIpc) is 3.10. The van der Waals surface area contributed by atoms with Crippen molar-refractivity contribution in [2.75, 3.05) is 12.4 Å². The zero-order valence-corrected chi connectivity index (χ0v) is 15.4.